The Morgan fingerprint density at radius 3 is 2.64 bits per heavy atom. The third-order valence-electron chi connectivity index (χ3n) is 5.41. The van der Waals surface area contributed by atoms with Crippen molar-refractivity contribution in [2.45, 2.75) is 26.2 Å². The average Bonchev–Trinajstić information content (AvgIpc) is 2.56. The van der Waals surface area contributed by atoms with Crippen molar-refractivity contribution in [1.82, 2.24) is 0 Å². The van der Waals surface area contributed by atoms with E-state index in [1.54, 1.807) is 0 Å². The van der Waals surface area contributed by atoms with E-state index < -0.39 is 0 Å². The molecule has 1 atom stereocenters. The number of hydrogen-bond acceptors (Lipinski definition) is 0. The van der Waals surface area contributed by atoms with Gasteiger partial charge in [0.05, 0.1) is 0 Å². The smallest absolute Gasteiger partial charge is 0.0000721 e. The van der Waals surface area contributed by atoms with Crippen LogP contribution >= 0.6 is 0 Å². The molecule has 0 aromatic heterocycles. The summed E-state index contributed by atoms with van der Waals surface area (Å²) in [5.41, 5.74) is 7.22. The van der Waals surface area contributed by atoms with Crippen LogP contribution in [0.1, 0.15) is 40.7 Å². The second kappa shape index (κ2) is 4.10. The van der Waals surface area contributed by atoms with Gasteiger partial charge in [-0.2, -0.15) is 0 Å². The Labute approximate surface area is 130 Å². The topological polar surface area (TPSA) is 0 Å². The van der Waals surface area contributed by atoms with Gasteiger partial charge in [-0.15, -0.1) is 0 Å². The van der Waals surface area contributed by atoms with E-state index in [1.165, 1.54) is 49.4 Å². The van der Waals surface area contributed by atoms with Crippen molar-refractivity contribution in [3.63, 3.8) is 0 Å². The predicted molar refractivity (Wildman–Crippen MR) is 96.4 cm³/mol. The fraction of sp³-hybridized carbons (Fsp3) is 0.182. The zero-order chi connectivity index (χ0) is 14.8. The highest BCUT2D eigenvalue weighted by molar-refractivity contribution is 6.16. The molecule has 5 rings (SSSR count). The highest BCUT2D eigenvalue weighted by Gasteiger charge is 2.21. The molecule has 2 aliphatic carbocycles. The van der Waals surface area contributed by atoms with Gasteiger partial charge in [-0.05, 0) is 68.6 Å². The van der Waals surface area contributed by atoms with Gasteiger partial charge in [-0.25, -0.2) is 0 Å². The lowest BCUT2D eigenvalue weighted by Crippen LogP contribution is -2.03. The van der Waals surface area contributed by atoms with E-state index in [4.69, 9.17) is 0 Å². The van der Waals surface area contributed by atoms with Crippen LogP contribution in [0.3, 0.4) is 0 Å². The van der Waals surface area contributed by atoms with Crippen LogP contribution in [0.2, 0.25) is 0 Å². The lowest BCUT2D eigenvalue weighted by atomic mass is 9.79. The van der Waals surface area contributed by atoms with E-state index in [-0.39, 0.29) is 0 Å². The molecule has 0 heteroatoms. The summed E-state index contributed by atoms with van der Waals surface area (Å²) >= 11 is 0. The second-order valence-electron chi connectivity index (χ2n) is 6.64. The molecule has 0 N–H and O–H groups in total. The third kappa shape index (κ3) is 1.38. The van der Waals surface area contributed by atoms with Crippen molar-refractivity contribution in [1.29, 1.82) is 0 Å². The fourth-order valence-corrected chi connectivity index (χ4v) is 4.28. The zero-order valence-electron chi connectivity index (χ0n) is 13.0. The van der Waals surface area contributed by atoms with Crippen molar-refractivity contribution < 1.29 is 0 Å². The van der Waals surface area contributed by atoms with Gasteiger partial charge < -0.3 is 0 Å². The summed E-state index contributed by atoms with van der Waals surface area (Å²) in [7, 11) is 0. The molecule has 1 unspecified atom stereocenters. The van der Waals surface area contributed by atoms with Crippen molar-refractivity contribution in [2.75, 3.05) is 0 Å². The van der Waals surface area contributed by atoms with Gasteiger partial charge in [-0.1, -0.05) is 61.6 Å². The Bertz CT molecular complexity index is 1020. The SMILES string of the molecule is Cc1ccc2c3c4c(cccc4c4c2c1CC=C4)C(C)C=C3. The van der Waals surface area contributed by atoms with Crippen LogP contribution in [-0.4, -0.2) is 0 Å². The summed E-state index contributed by atoms with van der Waals surface area (Å²) < 4.78 is 0. The summed E-state index contributed by atoms with van der Waals surface area (Å²) in [6, 6.07) is 11.4. The van der Waals surface area contributed by atoms with E-state index >= 15 is 0 Å². The second-order valence-corrected chi connectivity index (χ2v) is 6.64. The van der Waals surface area contributed by atoms with Gasteiger partial charge >= 0.3 is 0 Å². The van der Waals surface area contributed by atoms with Crippen LogP contribution in [0, 0.1) is 6.92 Å². The lowest BCUT2D eigenvalue weighted by Gasteiger charge is -2.24. The molecule has 0 amide bonds. The van der Waals surface area contributed by atoms with Crippen molar-refractivity contribution in [2.24, 2.45) is 0 Å². The highest BCUT2D eigenvalue weighted by Crippen LogP contribution is 2.44. The van der Waals surface area contributed by atoms with Crippen molar-refractivity contribution in [3.05, 3.63) is 70.3 Å². The molecular weight excluding hydrogens is 264 g/mol. The summed E-state index contributed by atoms with van der Waals surface area (Å²) in [5, 5.41) is 5.77. The van der Waals surface area contributed by atoms with Crippen LogP contribution in [-0.2, 0) is 6.42 Å². The van der Waals surface area contributed by atoms with E-state index in [0.717, 1.165) is 6.42 Å². The van der Waals surface area contributed by atoms with Crippen LogP contribution in [0.15, 0.2) is 42.5 Å². The molecule has 3 aromatic rings. The summed E-state index contributed by atoms with van der Waals surface area (Å²) in [5.74, 6) is 0.498. The maximum absolute atomic E-state index is 2.34. The first-order valence-electron chi connectivity index (χ1n) is 8.11. The van der Waals surface area contributed by atoms with Gasteiger partial charge in [0.2, 0.25) is 0 Å². The van der Waals surface area contributed by atoms with Crippen LogP contribution in [0.5, 0.6) is 0 Å². The Balaban J connectivity index is 2.14. The number of aryl methyl sites for hydroxylation is 1. The average molecular weight is 282 g/mol. The number of fused-ring (bicyclic) bond motifs is 2. The van der Waals surface area contributed by atoms with Gasteiger partial charge in [0.25, 0.3) is 0 Å². The maximum atomic E-state index is 2.34. The molecule has 0 saturated heterocycles. The Morgan fingerprint density at radius 2 is 1.73 bits per heavy atom. The first-order valence-corrected chi connectivity index (χ1v) is 8.11. The van der Waals surface area contributed by atoms with Crippen molar-refractivity contribution in [3.8, 4) is 0 Å². The number of hydrogen-bond donors (Lipinski definition) is 0. The number of rotatable bonds is 0. The molecule has 0 heterocycles. The summed E-state index contributed by atoms with van der Waals surface area (Å²) in [4.78, 5) is 0. The first kappa shape index (κ1) is 12.2. The third-order valence-corrected chi connectivity index (χ3v) is 5.41. The van der Waals surface area contributed by atoms with Gasteiger partial charge in [-0.3, -0.25) is 0 Å². The van der Waals surface area contributed by atoms with Gasteiger partial charge in [0, 0.05) is 0 Å². The molecule has 0 saturated carbocycles. The lowest BCUT2D eigenvalue weighted by molar-refractivity contribution is 0.980. The monoisotopic (exact) mass is 282 g/mol. The highest BCUT2D eigenvalue weighted by atomic mass is 14.2. The minimum Gasteiger partial charge on any atom is -0.0795 e. The number of benzene rings is 3. The standard InChI is InChI=1S/C22H18/c1-13-9-11-19-20-12-10-14(2)16-6-4-8-18(22(16)20)17-7-3-5-15(13)21(17)19/h3-5,7-13H,6H2,1-2H3. The normalized spacial score (nSPS) is 18.4. The molecule has 2 aliphatic rings. The molecule has 106 valence electrons. The summed E-state index contributed by atoms with van der Waals surface area (Å²) in [6.07, 6.45) is 10.4. The molecule has 0 radical (unpaired) electrons. The van der Waals surface area contributed by atoms with Crippen molar-refractivity contribution >= 4 is 33.7 Å². The fourth-order valence-electron chi connectivity index (χ4n) is 4.28. The van der Waals surface area contributed by atoms with E-state index in [1.807, 2.05) is 0 Å². The Hall–Kier alpha value is -2.34. The van der Waals surface area contributed by atoms with E-state index in [9.17, 15) is 0 Å². The van der Waals surface area contributed by atoms with Gasteiger partial charge in [0.1, 0.15) is 0 Å². The van der Waals surface area contributed by atoms with E-state index in [0.29, 0.717) is 5.92 Å². The molecular formula is C22H18. The van der Waals surface area contributed by atoms with Gasteiger partial charge in [0.15, 0.2) is 0 Å². The largest absolute Gasteiger partial charge is 0.0795 e. The summed E-state index contributed by atoms with van der Waals surface area (Å²) in [6.45, 7) is 4.53. The number of allylic oxidation sites excluding steroid dienone is 2. The van der Waals surface area contributed by atoms with Crippen LogP contribution < -0.4 is 0 Å². The minimum absolute atomic E-state index is 0.498. The molecule has 0 aliphatic heterocycles. The molecule has 0 bridgehead atoms. The van der Waals surface area contributed by atoms with Crippen LogP contribution in [0.4, 0.5) is 0 Å². The maximum Gasteiger partial charge on any atom is -0.0000721 e. The minimum atomic E-state index is 0.498. The van der Waals surface area contributed by atoms with Crippen LogP contribution in [0.25, 0.3) is 33.7 Å². The predicted octanol–water partition coefficient (Wildman–Crippen LogP) is 6.00. The zero-order valence-corrected chi connectivity index (χ0v) is 13.0. The molecule has 0 spiro atoms. The Kier molecular flexibility index (Phi) is 2.28. The molecule has 22 heavy (non-hydrogen) atoms. The van der Waals surface area contributed by atoms with E-state index in [2.05, 4.69) is 68.5 Å². The quantitative estimate of drug-likeness (QED) is 0.443. The molecule has 3 aromatic carbocycles. The molecule has 0 nitrogen and oxygen atoms in total. The molecule has 0 fully saturated rings. The first-order chi connectivity index (χ1) is 10.8. The Morgan fingerprint density at radius 1 is 0.909 bits per heavy atom.